The molecule has 0 radical (unpaired) electrons. The third-order valence-corrected chi connectivity index (χ3v) is 3.51. The number of aliphatic hydroxyl groups is 1. The van der Waals surface area contributed by atoms with E-state index in [2.05, 4.69) is 9.97 Å². The fraction of sp³-hybridized carbons (Fsp3) is 0.176. The number of aryl methyl sites for hydroxylation is 1. The van der Waals surface area contributed by atoms with Gasteiger partial charge in [0.25, 0.3) is 0 Å². The highest BCUT2D eigenvalue weighted by atomic mass is 16.3. The minimum Gasteiger partial charge on any atom is -0.388 e. The maximum atomic E-state index is 10.4. The van der Waals surface area contributed by atoms with Crippen LogP contribution in [0.3, 0.4) is 0 Å². The molecule has 3 aromatic rings. The van der Waals surface area contributed by atoms with Crippen LogP contribution in [0.15, 0.2) is 61.2 Å². The molecule has 3 nitrogen and oxygen atoms in total. The fourth-order valence-electron chi connectivity index (χ4n) is 2.41. The van der Waals surface area contributed by atoms with Crippen LogP contribution in [-0.2, 0) is 6.42 Å². The Morgan fingerprint density at radius 1 is 0.950 bits per heavy atom. The first kappa shape index (κ1) is 12.8. The van der Waals surface area contributed by atoms with Crippen molar-refractivity contribution in [1.29, 1.82) is 0 Å². The summed E-state index contributed by atoms with van der Waals surface area (Å²) in [6, 6.07) is 12.0. The number of aromatic nitrogens is 2. The molecule has 0 bridgehead atoms. The predicted octanol–water partition coefficient (Wildman–Crippen LogP) is 3.30. The number of hydrogen-bond acceptors (Lipinski definition) is 3. The van der Waals surface area contributed by atoms with Gasteiger partial charge in [-0.05, 0) is 35.9 Å². The summed E-state index contributed by atoms with van der Waals surface area (Å²) in [4.78, 5) is 8.22. The van der Waals surface area contributed by atoms with Gasteiger partial charge in [0.05, 0.1) is 6.10 Å². The van der Waals surface area contributed by atoms with Gasteiger partial charge in [0.1, 0.15) is 0 Å². The molecule has 2 aromatic heterocycles. The maximum Gasteiger partial charge on any atom is 0.0814 e. The van der Waals surface area contributed by atoms with Gasteiger partial charge in [-0.25, -0.2) is 0 Å². The normalized spacial score (nSPS) is 12.4. The summed E-state index contributed by atoms with van der Waals surface area (Å²) in [5, 5.41) is 12.6. The second-order valence-corrected chi connectivity index (χ2v) is 4.86. The molecule has 0 saturated carbocycles. The van der Waals surface area contributed by atoms with E-state index in [4.69, 9.17) is 0 Å². The maximum absolute atomic E-state index is 10.4. The van der Waals surface area contributed by atoms with Crippen LogP contribution < -0.4 is 0 Å². The molecule has 0 saturated heterocycles. The standard InChI is InChI=1S/C17H16N2O/c20-17(6-5-13-7-9-18-10-8-13)16-12-19-11-14-3-1-2-4-15(14)16/h1-4,7-12,17,20H,5-6H2. The van der Waals surface area contributed by atoms with E-state index in [1.807, 2.05) is 42.6 Å². The molecule has 0 aliphatic carbocycles. The third-order valence-electron chi connectivity index (χ3n) is 3.51. The molecular weight excluding hydrogens is 248 g/mol. The van der Waals surface area contributed by atoms with Crippen molar-refractivity contribution < 1.29 is 5.11 Å². The number of benzene rings is 1. The molecule has 20 heavy (non-hydrogen) atoms. The van der Waals surface area contributed by atoms with Crippen molar-refractivity contribution >= 4 is 10.8 Å². The molecule has 1 unspecified atom stereocenters. The molecule has 100 valence electrons. The van der Waals surface area contributed by atoms with E-state index in [9.17, 15) is 5.11 Å². The molecule has 1 N–H and O–H groups in total. The second-order valence-electron chi connectivity index (χ2n) is 4.86. The summed E-state index contributed by atoms with van der Waals surface area (Å²) in [6.45, 7) is 0. The number of nitrogens with zero attached hydrogens (tertiary/aromatic N) is 2. The zero-order chi connectivity index (χ0) is 13.8. The highest BCUT2D eigenvalue weighted by Crippen LogP contribution is 2.26. The second kappa shape index (κ2) is 5.80. The molecule has 3 rings (SSSR count). The number of fused-ring (bicyclic) bond motifs is 1. The lowest BCUT2D eigenvalue weighted by atomic mass is 9.99. The highest BCUT2D eigenvalue weighted by molar-refractivity contribution is 5.84. The largest absolute Gasteiger partial charge is 0.388 e. The Labute approximate surface area is 117 Å². The van der Waals surface area contributed by atoms with E-state index in [0.29, 0.717) is 6.42 Å². The van der Waals surface area contributed by atoms with Gasteiger partial charge in [-0.3, -0.25) is 9.97 Å². The average molecular weight is 264 g/mol. The SMILES string of the molecule is OC(CCc1ccncc1)c1cncc2ccccc12. The van der Waals surface area contributed by atoms with Gasteiger partial charge in [0.15, 0.2) is 0 Å². The number of rotatable bonds is 4. The van der Waals surface area contributed by atoms with Gasteiger partial charge < -0.3 is 5.11 Å². The van der Waals surface area contributed by atoms with Crippen LogP contribution in [0.4, 0.5) is 0 Å². The Morgan fingerprint density at radius 2 is 1.75 bits per heavy atom. The minimum atomic E-state index is -0.498. The van der Waals surface area contributed by atoms with Crippen LogP contribution in [-0.4, -0.2) is 15.1 Å². The minimum absolute atomic E-state index is 0.498. The fourth-order valence-corrected chi connectivity index (χ4v) is 2.41. The van der Waals surface area contributed by atoms with Crippen LogP contribution >= 0.6 is 0 Å². The molecular formula is C17H16N2O. The summed E-state index contributed by atoms with van der Waals surface area (Å²) in [5.41, 5.74) is 2.09. The van der Waals surface area contributed by atoms with Gasteiger partial charge in [-0.15, -0.1) is 0 Å². The first-order valence-electron chi connectivity index (χ1n) is 6.74. The lowest BCUT2D eigenvalue weighted by Gasteiger charge is -2.13. The van der Waals surface area contributed by atoms with Gasteiger partial charge >= 0.3 is 0 Å². The molecule has 2 heterocycles. The average Bonchev–Trinajstić information content (AvgIpc) is 2.53. The Bertz CT molecular complexity index is 692. The van der Waals surface area contributed by atoms with E-state index < -0.39 is 6.10 Å². The first-order valence-corrected chi connectivity index (χ1v) is 6.74. The van der Waals surface area contributed by atoms with Gasteiger partial charge in [-0.1, -0.05) is 24.3 Å². The summed E-state index contributed by atoms with van der Waals surface area (Å²) in [6.07, 6.45) is 8.16. The monoisotopic (exact) mass is 264 g/mol. The van der Waals surface area contributed by atoms with Crippen LogP contribution in [0.2, 0.25) is 0 Å². The van der Waals surface area contributed by atoms with Crippen molar-refractivity contribution in [2.75, 3.05) is 0 Å². The molecule has 3 heteroatoms. The zero-order valence-corrected chi connectivity index (χ0v) is 11.1. The number of hydrogen-bond donors (Lipinski definition) is 1. The van der Waals surface area contributed by atoms with E-state index >= 15 is 0 Å². The summed E-state index contributed by atoms with van der Waals surface area (Å²) in [5.74, 6) is 0. The molecule has 0 aliphatic heterocycles. The summed E-state index contributed by atoms with van der Waals surface area (Å²) >= 11 is 0. The van der Waals surface area contributed by atoms with Gasteiger partial charge in [0, 0.05) is 35.7 Å². The lowest BCUT2D eigenvalue weighted by molar-refractivity contribution is 0.169. The number of pyridine rings is 2. The molecule has 1 aromatic carbocycles. The summed E-state index contributed by atoms with van der Waals surface area (Å²) in [7, 11) is 0. The summed E-state index contributed by atoms with van der Waals surface area (Å²) < 4.78 is 0. The number of aliphatic hydroxyl groups excluding tert-OH is 1. The van der Waals surface area contributed by atoms with E-state index in [1.54, 1.807) is 18.6 Å². The molecule has 0 amide bonds. The van der Waals surface area contributed by atoms with Crippen LogP contribution in [0.25, 0.3) is 10.8 Å². The first-order chi connectivity index (χ1) is 9.84. The highest BCUT2D eigenvalue weighted by Gasteiger charge is 2.11. The van der Waals surface area contributed by atoms with Crippen molar-refractivity contribution in [3.05, 3.63) is 72.3 Å². The predicted molar refractivity (Wildman–Crippen MR) is 79.3 cm³/mol. The smallest absolute Gasteiger partial charge is 0.0814 e. The van der Waals surface area contributed by atoms with Crippen LogP contribution in [0, 0.1) is 0 Å². The van der Waals surface area contributed by atoms with Crippen LogP contribution in [0.1, 0.15) is 23.7 Å². The lowest BCUT2D eigenvalue weighted by Crippen LogP contribution is -2.01. The van der Waals surface area contributed by atoms with Crippen molar-refractivity contribution in [2.45, 2.75) is 18.9 Å². The molecule has 0 spiro atoms. The van der Waals surface area contributed by atoms with E-state index in [0.717, 1.165) is 22.8 Å². The molecule has 0 aliphatic rings. The van der Waals surface area contributed by atoms with E-state index in [-0.39, 0.29) is 0 Å². The van der Waals surface area contributed by atoms with Crippen molar-refractivity contribution in [3.8, 4) is 0 Å². The molecule has 1 atom stereocenters. The Morgan fingerprint density at radius 3 is 2.60 bits per heavy atom. The topological polar surface area (TPSA) is 46.0 Å². The van der Waals surface area contributed by atoms with Crippen LogP contribution in [0.5, 0.6) is 0 Å². The quantitative estimate of drug-likeness (QED) is 0.786. The van der Waals surface area contributed by atoms with Gasteiger partial charge in [0.2, 0.25) is 0 Å². The Kier molecular flexibility index (Phi) is 3.70. The third kappa shape index (κ3) is 2.68. The van der Waals surface area contributed by atoms with Gasteiger partial charge in [-0.2, -0.15) is 0 Å². The van der Waals surface area contributed by atoms with Crippen molar-refractivity contribution in [3.63, 3.8) is 0 Å². The Balaban J connectivity index is 1.80. The van der Waals surface area contributed by atoms with Crippen molar-refractivity contribution in [2.24, 2.45) is 0 Å². The van der Waals surface area contributed by atoms with Crippen molar-refractivity contribution in [1.82, 2.24) is 9.97 Å². The molecule has 0 fully saturated rings. The zero-order valence-electron chi connectivity index (χ0n) is 11.1. The Hall–Kier alpha value is -2.26. The van der Waals surface area contributed by atoms with E-state index in [1.165, 1.54) is 5.56 Å².